The summed E-state index contributed by atoms with van der Waals surface area (Å²) in [6, 6.07) is 16.1. The Labute approximate surface area is 228 Å². The number of imidazole rings is 1. The van der Waals surface area contributed by atoms with Gasteiger partial charge in [-0.25, -0.2) is 9.97 Å². The number of piperidine rings is 1. The average molecular weight is 524 g/mol. The lowest BCUT2D eigenvalue weighted by molar-refractivity contribution is -0.111. The number of anilines is 1. The third kappa shape index (κ3) is 6.71. The Morgan fingerprint density at radius 2 is 1.82 bits per heavy atom. The summed E-state index contributed by atoms with van der Waals surface area (Å²) in [6.45, 7) is 6.11. The first-order valence-electron chi connectivity index (χ1n) is 13.3. The molecule has 4 aromatic rings. The number of rotatable bonds is 8. The lowest BCUT2D eigenvalue weighted by Crippen LogP contribution is -2.38. The number of carbonyl (C=O) groups is 2. The fraction of sp³-hybridized carbons (Fsp3) is 0.290. The fourth-order valence-corrected chi connectivity index (χ4v) is 4.75. The molecule has 1 fully saturated rings. The molecule has 0 spiro atoms. The summed E-state index contributed by atoms with van der Waals surface area (Å²) in [5, 5.41) is 2.93. The molecule has 1 N–H and O–H groups in total. The topological polar surface area (TPSA) is 93.3 Å². The summed E-state index contributed by atoms with van der Waals surface area (Å²) in [6.07, 6.45) is 12.1. The van der Waals surface area contributed by atoms with Gasteiger partial charge >= 0.3 is 0 Å². The minimum atomic E-state index is -0.175. The number of likely N-dealkylation sites (tertiary alicyclic amines) is 1. The first-order chi connectivity index (χ1) is 18.9. The Bertz CT molecular complexity index is 1410. The molecule has 1 saturated heterocycles. The van der Waals surface area contributed by atoms with Crippen LogP contribution in [0.4, 0.5) is 5.69 Å². The average Bonchev–Trinajstić information content (AvgIpc) is 3.66. The molecule has 200 valence electrons. The second-order valence-electron chi connectivity index (χ2n) is 10.2. The van der Waals surface area contributed by atoms with Gasteiger partial charge < -0.3 is 19.2 Å². The summed E-state index contributed by atoms with van der Waals surface area (Å²) in [5.74, 6) is 0.870. The summed E-state index contributed by atoms with van der Waals surface area (Å²) < 4.78 is 7.44. The molecule has 8 heteroatoms. The van der Waals surface area contributed by atoms with E-state index in [2.05, 4.69) is 27.4 Å². The van der Waals surface area contributed by atoms with E-state index in [1.165, 1.54) is 17.4 Å². The molecule has 8 nitrogen and oxygen atoms in total. The predicted molar refractivity (Wildman–Crippen MR) is 150 cm³/mol. The van der Waals surface area contributed by atoms with Crippen LogP contribution in [0.3, 0.4) is 0 Å². The molecule has 2 aromatic carbocycles. The van der Waals surface area contributed by atoms with E-state index in [0.717, 1.165) is 30.6 Å². The van der Waals surface area contributed by atoms with Gasteiger partial charge in [0, 0.05) is 49.7 Å². The zero-order valence-corrected chi connectivity index (χ0v) is 22.3. The van der Waals surface area contributed by atoms with Crippen molar-refractivity contribution in [3.05, 3.63) is 108 Å². The van der Waals surface area contributed by atoms with Crippen LogP contribution in [0.1, 0.15) is 71.6 Å². The van der Waals surface area contributed by atoms with Gasteiger partial charge in [0.2, 0.25) is 5.91 Å². The lowest BCUT2D eigenvalue weighted by Gasteiger charge is -2.31. The Morgan fingerprint density at radius 3 is 2.46 bits per heavy atom. The minimum Gasteiger partial charge on any atom is -0.448 e. The van der Waals surface area contributed by atoms with E-state index < -0.39 is 0 Å². The monoisotopic (exact) mass is 523 g/mol. The number of benzene rings is 2. The third-order valence-electron chi connectivity index (χ3n) is 7.00. The molecule has 0 bridgehead atoms. The molecule has 1 aliphatic rings. The number of nitrogens with one attached hydrogen (secondary N) is 1. The molecular weight excluding hydrogens is 490 g/mol. The number of carbonyl (C=O) groups excluding carboxylic acids is 2. The van der Waals surface area contributed by atoms with Crippen LogP contribution in [-0.2, 0) is 11.3 Å². The molecular formula is C31H33N5O3. The van der Waals surface area contributed by atoms with Crippen molar-refractivity contribution in [2.24, 2.45) is 0 Å². The number of nitrogens with zero attached hydrogens (tertiary/aromatic N) is 4. The van der Waals surface area contributed by atoms with Crippen LogP contribution in [0.25, 0.3) is 6.08 Å². The van der Waals surface area contributed by atoms with Gasteiger partial charge in [0.15, 0.2) is 11.6 Å². The zero-order valence-electron chi connectivity index (χ0n) is 22.3. The van der Waals surface area contributed by atoms with Crippen molar-refractivity contribution in [2.75, 3.05) is 18.4 Å². The quantitative estimate of drug-likeness (QED) is 0.299. The second kappa shape index (κ2) is 11.9. The molecule has 3 heterocycles. The van der Waals surface area contributed by atoms with E-state index >= 15 is 0 Å². The first-order valence-corrected chi connectivity index (χ1v) is 13.3. The summed E-state index contributed by atoms with van der Waals surface area (Å²) in [7, 11) is 0. The van der Waals surface area contributed by atoms with Crippen molar-refractivity contribution in [1.82, 2.24) is 19.4 Å². The molecule has 5 rings (SSSR count). The normalized spacial score (nSPS) is 14.3. The van der Waals surface area contributed by atoms with E-state index in [1.54, 1.807) is 18.6 Å². The highest BCUT2D eigenvalue weighted by molar-refractivity contribution is 6.01. The van der Waals surface area contributed by atoms with Crippen LogP contribution < -0.4 is 5.32 Å². The summed E-state index contributed by atoms with van der Waals surface area (Å²) in [5.41, 5.74) is 4.48. The van der Waals surface area contributed by atoms with Gasteiger partial charge in [0.1, 0.15) is 6.26 Å². The van der Waals surface area contributed by atoms with E-state index in [1.807, 2.05) is 72.0 Å². The molecule has 39 heavy (non-hydrogen) atoms. The van der Waals surface area contributed by atoms with Crippen molar-refractivity contribution in [3.8, 4) is 0 Å². The number of oxazole rings is 1. The minimum absolute atomic E-state index is 0.0689. The van der Waals surface area contributed by atoms with Gasteiger partial charge in [0.05, 0.1) is 6.33 Å². The number of hydrogen-bond acceptors (Lipinski definition) is 5. The number of aromatic nitrogens is 3. The molecule has 0 radical (unpaired) electrons. The second-order valence-corrected chi connectivity index (χ2v) is 10.2. The molecule has 1 aliphatic heterocycles. The highest BCUT2D eigenvalue weighted by Gasteiger charge is 2.26. The Kier molecular flexibility index (Phi) is 8.01. The maximum Gasteiger partial charge on any atom is 0.275 e. The van der Waals surface area contributed by atoms with Crippen molar-refractivity contribution < 1.29 is 14.0 Å². The molecule has 0 saturated carbocycles. The summed E-state index contributed by atoms with van der Waals surface area (Å²) >= 11 is 0. The van der Waals surface area contributed by atoms with E-state index in [0.29, 0.717) is 30.6 Å². The van der Waals surface area contributed by atoms with Gasteiger partial charge in [-0.1, -0.05) is 50.2 Å². The maximum atomic E-state index is 12.8. The Morgan fingerprint density at radius 1 is 1.08 bits per heavy atom. The standard InChI is InChI=1S/C31H33N5O3/c1-22(2)30-34-28(20-39-30)31(38)36-16-13-26(14-17-36)25-8-10-27(11-9-25)33-29(37)12-7-23-3-5-24(6-4-23)19-35-18-15-32-21-35/h3-12,15,18,20-22,26H,13-14,16-17,19H2,1-2H3,(H,33,37)/b12-7+. The summed E-state index contributed by atoms with van der Waals surface area (Å²) in [4.78, 5) is 35.5. The zero-order chi connectivity index (χ0) is 27.2. The SMILES string of the molecule is CC(C)c1nc(C(=O)N2CCC(c3ccc(NC(=O)/C=C/c4ccc(Cn5ccnc5)cc4)cc3)CC2)co1. The van der Waals surface area contributed by atoms with E-state index in [9.17, 15) is 9.59 Å². The van der Waals surface area contributed by atoms with Crippen LogP contribution in [0.5, 0.6) is 0 Å². The first kappa shape index (κ1) is 26.2. The van der Waals surface area contributed by atoms with Crippen LogP contribution in [0, 0.1) is 0 Å². The molecule has 0 aliphatic carbocycles. The highest BCUT2D eigenvalue weighted by Crippen LogP contribution is 2.29. The van der Waals surface area contributed by atoms with Crippen molar-refractivity contribution in [2.45, 2.75) is 45.1 Å². The fourth-order valence-electron chi connectivity index (χ4n) is 4.75. The highest BCUT2D eigenvalue weighted by atomic mass is 16.3. The van der Waals surface area contributed by atoms with Gasteiger partial charge in [-0.15, -0.1) is 0 Å². The predicted octanol–water partition coefficient (Wildman–Crippen LogP) is 5.71. The van der Waals surface area contributed by atoms with Crippen molar-refractivity contribution in [3.63, 3.8) is 0 Å². The molecule has 2 amide bonds. The van der Waals surface area contributed by atoms with Gasteiger partial charge in [-0.05, 0) is 53.7 Å². The van der Waals surface area contributed by atoms with Crippen molar-refractivity contribution in [1.29, 1.82) is 0 Å². The third-order valence-corrected chi connectivity index (χ3v) is 7.00. The van der Waals surface area contributed by atoms with Gasteiger partial charge in [0.25, 0.3) is 5.91 Å². The largest absolute Gasteiger partial charge is 0.448 e. The Hall–Kier alpha value is -4.46. The Balaban J connectivity index is 1.09. The lowest BCUT2D eigenvalue weighted by atomic mass is 9.89. The van der Waals surface area contributed by atoms with Crippen LogP contribution >= 0.6 is 0 Å². The van der Waals surface area contributed by atoms with Gasteiger partial charge in [-0.2, -0.15) is 0 Å². The molecule has 2 aromatic heterocycles. The molecule has 0 unspecified atom stereocenters. The number of hydrogen-bond donors (Lipinski definition) is 1. The maximum absolute atomic E-state index is 12.8. The van der Waals surface area contributed by atoms with Crippen LogP contribution in [0.15, 0.2) is 84.0 Å². The van der Waals surface area contributed by atoms with E-state index in [4.69, 9.17) is 4.42 Å². The van der Waals surface area contributed by atoms with Crippen LogP contribution in [-0.4, -0.2) is 44.3 Å². The smallest absolute Gasteiger partial charge is 0.275 e. The number of amides is 2. The van der Waals surface area contributed by atoms with Crippen molar-refractivity contribution >= 4 is 23.6 Å². The van der Waals surface area contributed by atoms with Gasteiger partial charge in [-0.3, -0.25) is 9.59 Å². The van der Waals surface area contributed by atoms with Crippen LogP contribution in [0.2, 0.25) is 0 Å². The molecule has 0 atom stereocenters. The van der Waals surface area contributed by atoms with E-state index in [-0.39, 0.29) is 17.7 Å².